The second-order valence-corrected chi connectivity index (χ2v) is 10.1. The molecule has 1 aromatic heterocycles. The van der Waals surface area contributed by atoms with Crippen molar-refractivity contribution in [1.82, 2.24) is 14.8 Å². The number of rotatable bonds is 3. The highest BCUT2D eigenvalue weighted by atomic mass is 32.1. The first-order valence-electron chi connectivity index (χ1n) is 12.6. The summed E-state index contributed by atoms with van der Waals surface area (Å²) in [7, 11) is 0. The molecule has 1 aliphatic rings. The summed E-state index contributed by atoms with van der Waals surface area (Å²) in [6, 6.07) is 11.2. The van der Waals surface area contributed by atoms with Crippen LogP contribution in [0.15, 0.2) is 54.7 Å². The molecular weight excluding hydrogens is 607 g/mol. The zero-order valence-corrected chi connectivity index (χ0v) is 23.4. The summed E-state index contributed by atoms with van der Waals surface area (Å²) < 4.78 is 84.4. The summed E-state index contributed by atoms with van der Waals surface area (Å²) >= 11 is 5.72. The Balaban J connectivity index is 0.000000646. The van der Waals surface area contributed by atoms with Gasteiger partial charge >= 0.3 is 24.4 Å². The van der Waals surface area contributed by atoms with Crippen molar-refractivity contribution in [3.8, 4) is 0 Å². The van der Waals surface area contributed by atoms with E-state index in [-0.39, 0.29) is 17.6 Å². The normalized spacial score (nSPS) is 15.5. The predicted molar refractivity (Wildman–Crippen MR) is 149 cm³/mol. The number of alkyl halides is 6. The summed E-state index contributed by atoms with van der Waals surface area (Å²) in [6.45, 7) is 5.08. The van der Waals surface area contributed by atoms with Crippen LogP contribution in [0, 0.1) is 11.7 Å². The number of amides is 2. The zero-order valence-electron chi connectivity index (χ0n) is 22.6. The van der Waals surface area contributed by atoms with E-state index in [1.807, 2.05) is 49.1 Å². The van der Waals surface area contributed by atoms with Gasteiger partial charge in [-0.25, -0.2) is 14.0 Å². The quantitative estimate of drug-likeness (QED) is 0.221. The molecule has 3 aromatic rings. The van der Waals surface area contributed by atoms with Gasteiger partial charge in [-0.3, -0.25) is 4.98 Å². The predicted octanol–water partition coefficient (Wildman–Crippen LogP) is 6.60. The maximum Gasteiger partial charge on any atom is 0.490 e. The first-order chi connectivity index (χ1) is 20.0. The van der Waals surface area contributed by atoms with Gasteiger partial charge in [0.1, 0.15) is 5.82 Å². The van der Waals surface area contributed by atoms with Crippen molar-refractivity contribution < 1.29 is 45.4 Å². The number of thiocarbonyl (C=S) groups is 1. The largest absolute Gasteiger partial charge is 0.490 e. The molecule has 0 saturated carbocycles. The van der Waals surface area contributed by atoms with E-state index in [1.54, 1.807) is 6.20 Å². The van der Waals surface area contributed by atoms with Gasteiger partial charge in [-0.15, -0.1) is 0 Å². The molecule has 232 valence electrons. The fourth-order valence-electron chi connectivity index (χ4n) is 4.24. The molecule has 3 N–H and O–H groups in total. The fourth-order valence-corrected chi connectivity index (χ4v) is 4.58. The summed E-state index contributed by atoms with van der Waals surface area (Å²) in [4.78, 5) is 29.7. The highest BCUT2D eigenvalue weighted by Crippen LogP contribution is 2.33. The van der Waals surface area contributed by atoms with Crippen LogP contribution in [-0.2, 0) is 11.0 Å². The van der Waals surface area contributed by atoms with E-state index in [4.69, 9.17) is 22.1 Å². The van der Waals surface area contributed by atoms with Crippen molar-refractivity contribution in [2.24, 2.45) is 5.92 Å². The number of halogens is 7. The minimum Gasteiger partial charge on any atom is -0.475 e. The highest BCUT2D eigenvalue weighted by molar-refractivity contribution is 7.80. The average molecular weight is 634 g/mol. The van der Waals surface area contributed by atoms with Crippen molar-refractivity contribution in [2.45, 2.75) is 32.2 Å². The number of piperazine rings is 1. The molecule has 16 heteroatoms. The van der Waals surface area contributed by atoms with Crippen LogP contribution in [-0.4, -0.2) is 68.9 Å². The number of nitrogens with zero attached hydrogens (tertiary/aromatic N) is 3. The third-order valence-electron chi connectivity index (χ3n) is 6.39. The number of carboxylic acid groups (broad SMARTS) is 1. The Labute approximate surface area is 246 Å². The van der Waals surface area contributed by atoms with Crippen LogP contribution in [0.1, 0.15) is 19.4 Å². The van der Waals surface area contributed by atoms with Crippen molar-refractivity contribution in [3.63, 3.8) is 0 Å². The lowest BCUT2D eigenvalue weighted by Crippen LogP contribution is -2.59. The number of urea groups is 1. The fraction of sp³-hybridized carbons (Fsp3) is 0.333. The summed E-state index contributed by atoms with van der Waals surface area (Å²) in [5.74, 6) is -4.03. The van der Waals surface area contributed by atoms with Crippen molar-refractivity contribution in [1.29, 1.82) is 0 Å². The van der Waals surface area contributed by atoms with Gasteiger partial charge in [0.15, 0.2) is 5.11 Å². The Morgan fingerprint density at radius 2 is 1.70 bits per heavy atom. The Morgan fingerprint density at radius 3 is 2.30 bits per heavy atom. The van der Waals surface area contributed by atoms with E-state index < -0.39 is 35.7 Å². The molecule has 2 heterocycles. The van der Waals surface area contributed by atoms with Crippen LogP contribution >= 0.6 is 12.2 Å². The van der Waals surface area contributed by atoms with Crippen LogP contribution in [0.3, 0.4) is 0 Å². The minimum absolute atomic E-state index is 0.122. The number of benzene rings is 2. The number of fused-ring (bicyclic) bond motifs is 1. The van der Waals surface area contributed by atoms with Crippen LogP contribution in [0.2, 0.25) is 0 Å². The number of nitrogens with one attached hydrogen (secondary N) is 2. The molecule has 2 aromatic carbocycles. The number of aliphatic carboxylic acids is 1. The van der Waals surface area contributed by atoms with E-state index in [0.717, 1.165) is 22.7 Å². The number of pyridine rings is 1. The third-order valence-corrected chi connectivity index (χ3v) is 6.73. The number of carbonyl (C=O) groups excluding carboxylic acids is 1. The second-order valence-electron chi connectivity index (χ2n) is 9.68. The first-order valence-corrected chi connectivity index (χ1v) is 13.0. The maximum atomic E-state index is 13.6. The lowest BCUT2D eigenvalue weighted by molar-refractivity contribution is -0.192. The highest BCUT2D eigenvalue weighted by Gasteiger charge is 2.38. The number of hydrogen-bond donors (Lipinski definition) is 3. The van der Waals surface area contributed by atoms with Crippen molar-refractivity contribution in [3.05, 3.63) is 66.1 Å². The summed E-state index contributed by atoms with van der Waals surface area (Å²) in [6.07, 6.45) is -8.22. The summed E-state index contributed by atoms with van der Waals surface area (Å²) in [5, 5.41) is 14.3. The van der Waals surface area contributed by atoms with E-state index in [0.29, 0.717) is 36.9 Å². The van der Waals surface area contributed by atoms with Gasteiger partial charge in [-0.05, 0) is 60.6 Å². The van der Waals surface area contributed by atoms with Crippen molar-refractivity contribution in [2.75, 3.05) is 30.3 Å². The average Bonchev–Trinajstić information content (AvgIpc) is 2.93. The number of hydrogen-bond acceptors (Lipinski definition) is 4. The molecule has 0 bridgehead atoms. The molecule has 1 aliphatic heterocycles. The van der Waals surface area contributed by atoms with Gasteiger partial charge < -0.3 is 25.5 Å². The Kier molecular flexibility index (Phi) is 10.4. The molecule has 4 rings (SSSR count). The molecule has 2 amide bonds. The van der Waals surface area contributed by atoms with E-state index in [1.165, 1.54) is 4.90 Å². The molecule has 43 heavy (non-hydrogen) atoms. The number of aromatic nitrogens is 1. The Morgan fingerprint density at radius 1 is 1.02 bits per heavy atom. The van der Waals surface area contributed by atoms with Crippen LogP contribution < -0.4 is 10.6 Å². The number of anilines is 2. The molecule has 1 saturated heterocycles. The molecule has 0 spiro atoms. The molecule has 0 aliphatic carbocycles. The summed E-state index contributed by atoms with van der Waals surface area (Å²) in [5.41, 5.74) is 0.107. The van der Waals surface area contributed by atoms with Gasteiger partial charge in [0.2, 0.25) is 0 Å². The van der Waals surface area contributed by atoms with E-state index >= 15 is 0 Å². The van der Waals surface area contributed by atoms with Gasteiger partial charge in [0.25, 0.3) is 0 Å². The van der Waals surface area contributed by atoms with Crippen molar-refractivity contribution >= 4 is 51.6 Å². The third kappa shape index (κ3) is 8.65. The first kappa shape index (κ1) is 33.3. The lowest BCUT2D eigenvalue weighted by atomic mass is 10.00. The van der Waals surface area contributed by atoms with E-state index in [2.05, 4.69) is 15.6 Å². The van der Waals surface area contributed by atoms with Gasteiger partial charge in [-0.1, -0.05) is 19.9 Å². The number of carbonyl (C=O) groups is 2. The minimum atomic E-state index is -5.08. The molecule has 1 fully saturated rings. The second kappa shape index (κ2) is 13.4. The van der Waals surface area contributed by atoms with Gasteiger partial charge in [0, 0.05) is 42.6 Å². The monoisotopic (exact) mass is 633 g/mol. The zero-order chi connectivity index (χ0) is 32.1. The molecule has 8 nitrogen and oxygen atoms in total. The Hall–Kier alpha value is -4.21. The molecular formula is C27H26F7N5O3S. The topological polar surface area (TPSA) is 97.8 Å². The Bertz CT molecular complexity index is 1480. The molecule has 1 atom stereocenters. The number of carboxylic acids is 1. The smallest absolute Gasteiger partial charge is 0.475 e. The van der Waals surface area contributed by atoms with Crippen LogP contribution in [0.5, 0.6) is 0 Å². The standard InChI is InChI=1S/C25H25F4N5OS.C2HF3O2/c1-15(2)22-14-33(23(35)31-16-8-9-19(26)18(13-16)25(27,28)29)11-12-34(22)24(36)32-21-7-3-6-20-17(21)5-4-10-30-20;3-2(4,5)1(6)7/h3-10,13,15,22H,11-12,14H2,1-2H3,(H,31,35)(H,32,36);(H,6,7). The maximum absolute atomic E-state index is 13.6. The SMILES string of the molecule is CC(C)C1CN(C(=O)Nc2ccc(F)c(C(F)(F)F)c2)CCN1C(=S)Nc1cccc2ncccc12.O=C(O)C(F)(F)F. The van der Waals surface area contributed by atoms with Gasteiger partial charge in [-0.2, -0.15) is 26.3 Å². The van der Waals surface area contributed by atoms with E-state index in [9.17, 15) is 35.5 Å². The van der Waals surface area contributed by atoms with Crippen LogP contribution in [0.25, 0.3) is 10.9 Å². The molecule has 0 radical (unpaired) electrons. The van der Waals surface area contributed by atoms with Crippen LogP contribution in [0.4, 0.5) is 46.9 Å². The molecule has 1 unspecified atom stereocenters. The lowest BCUT2D eigenvalue weighted by Gasteiger charge is -2.44. The van der Waals surface area contributed by atoms with Gasteiger partial charge in [0.05, 0.1) is 17.1 Å².